The lowest BCUT2D eigenvalue weighted by Crippen LogP contribution is -2.18. The molecule has 0 saturated heterocycles. The molecule has 0 spiro atoms. The van der Waals surface area contributed by atoms with E-state index in [4.69, 9.17) is 10.5 Å². The zero-order valence-electron chi connectivity index (χ0n) is 10.00. The smallest absolute Gasteiger partial charge is 0.251 e. The second-order valence-electron chi connectivity index (χ2n) is 3.89. The quantitative estimate of drug-likeness (QED) is 0.796. The van der Waals surface area contributed by atoms with Crippen molar-refractivity contribution in [3.63, 3.8) is 0 Å². The molecular weight excluding hydrogens is 223 g/mol. The predicted octanol–water partition coefficient (Wildman–Crippen LogP) is 1.76. The molecule has 4 nitrogen and oxygen atoms in total. The molecule has 0 aromatic heterocycles. The molecule has 0 aliphatic carbocycles. The summed E-state index contributed by atoms with van der Waals surface area (Å²) in [7, 11) is 1.63. The van der Waals surface area contributed by atoms with E-state index in [1.807, 2.05) is 6.92 Å². The largest absolute Gasteiger partial charge is 0.385 e. The van der Waals surface area contributed by atoms with Crippen molar-refractivity contribution in [1.82, 2.24) is 0 Å². The summed E-state index contributed by atoms with van der Waals surface area (Å²) in [5, 5.41) is 3.14. The number of anilines is 1. The first-order valence-electron chi connectivity index (χ1n) is 5.39. The number of halogens is 1. The van der Waals surface area contributed by atoms with Crippen LogP contribution >= 0.6 is 0 Å². The Morgan fingerprint density at radius 1 is 1.59 bits per heavy atom. The average molecular weight is 240 g/mol. The van der Waals surface area contributed by atoms with Gasteiger partial charge in [-0.3, -0.25) is 4.79 Å². The SMILES string of the molecule is COCCC(C)Nc1ccc(F)c(C(N)=O)c1. The highest BCUT2D eigenvalue weighted by molar-refractivity contribution is 5.94. The molecule has 0 fully saturated rings. The number of primary amides is 1. The van der Waals surface area contributed by atoms with Gasteiger partial charge in [0.15, 0.2) is 0 Å². The second kappa shape index (κ2) is 6.20. The maximum Gasteiger partial charge on any atom is 0.251 e. The lowest BCUT2D eigenvalue weighted by molar-refractivity contribution is 0.0996. The van der Waals surface area contributed by atoms with Gasteiger partial charge in [-0.05, 0) is 31.5 Å². The van der Waals surface area contributed by atoms with Gasteiger partial charge in [0.2, 0.25) is 0 Å². The third-order valence-electron chi connectivity index (χ3n) is 2.40. The number of benzene rings is 1. The lowest BCUT2D eigenvalue weighted by Gasteiger charge is -2.15. The summed E-state index contributed by atoms with van der Waals surface area (Å²) in [5.41, 5.74) is 5.64. The van der Waals surface area contributed by atoms with Crippen LogP contribution in [0.4, 0.5) is 10.1 Å². The Kier molecular flexibility index (Phi) is 4.90. The summed E-state index contributed by atoms with van der Waals surface area (Å²) in [6.45, 7) is 2.62. The van der Waals surface area contributed by atoms with Crippen LogP contribution < -0.4 is 11.1 Å². The van der Waals surface area contributed by atoms with E-state index in [0.717, 1.165) is 6.42 Å². The number of methoxy groups -OCH3 is 1. The summed E-state index contributed by atoms with van der Waals surface area (Å²) in [5.74, 6) is -1.37. The normalized spacial score (nSPS) is 12.2. The molecule has 5 heteroatoms. The predicted molar refractivity (Wildman–Crippen MR) is 64.5 cm³/mol. The highest BCUT2D eigenvalue weighted by Crippen LogP contribution is 2.15. The Balaban J connectivity index is 2.72. The topological polar surface area (TPSA) is 64.3 Å². The van der Waals surface area contributed by atoms with Crippen LogP contribution in [0.2, 0.25) is 0 Å². The maximum absolute atomic E-state index is 13.2. The van der Waals surface area contributed by atoms with Crippen LogP contribution in [0.1, 0.15) is 23.7 Å². The molecule has 17 heavy (non-hydrogen) atoms. The molecule has 3 N–H and O–H groups in total. The zero-order chi connectivity index (χ0) is 12.8. The highest BCUT2D eigenvalue weighted by Gasteiger charge is 2.10. The van der Waals surface area contributed by atoms with Gasteiger partial charge in [-0.25, -0.2) is 4.39 Å². The van der Waals surface area contributed by atoms with Crippen molar-refractivity contribution in [2.45, 2.75) is 19.4 Å². The molecular formula is C12H17FN2O2. The zero-order valence-corrected chi connectivity index (χ0v) is 10.00. The van der Waals surface area contributed by atoms with Crippen LogP contribution in [0.15, 0.2) is 18.2 Å². The molecule has 1 unspecified atom stereocenters. The molecule has 0 aliphatic rings. The van der Waals surface area contributed by atoms with Crippen molar-refractivity contribution in [3.8, 4) is 0 Å². The number of amides is 1. The molecule has 0 radical (unpaired) electrons. The van der Waals surface area contributed by atoms with Crippen molar-refractivity contribution >= 4 is 11.6 Å². The van der Waals surface area contributed by atoms with Crippen molar-refractivity contribution in [2.24, 2.45) is 5.73 Å². The first-order valence-corrected chi connectivity index (χ1v) is 5.39. The van der Waals surface area contributed by atoms with Gasteiger partial charge >= 0.3 is 0 Å². The number of hydrogen-bond donors (Lipinski definition) is 2. The van der Waals surface area contributed by atoms with E-state index in [0.29, 0.717) is 12.3 Å². The molecule has 0 saturated carbocycles. The fraction of sp³-hybridized carbons (Fsp3) is 0.417. The Morgan fingerprint density at radius 3 is 2.88 bits per heavy atom. The summed E-state index contributed by atoms with van der Waals surface area (Å²) >= 11 is 0. The number of nitrogens with one attached hydrogen (secondary N) is 1. The van der Waals surface area contributed by atoms with E-state index in [-0.39, 0.29) is 11.6 Å². The molecule has 1 rings (SSSR count). The van der Waals surface area contributed by atoms with Crippen LogP contribution in [0.25, 0.3) is 0 Å². The van der Waals surface area contributed by atoms with Crippen molar-refractivity contribution in [2.75, 3.05) is 19.0 Å². The van der Waals surface area contributed by atoms with E-state index in [1.165, 1.54) is 12.1 Å². The minimum Gasteiger partial charge on any atom is -0.385 e. The van der Waals surface area contributed by atoms with Gasteiger partial charge in [0.25, 0.3) is 5.91 Å². The van der Waals surface area contributed by atoms with Gasteiger partial charge in [-0.15, -0.1) is 0 Å². The van der Waals surface area contributed by atoms with Gasteiger partial charge in [0.05, 0.1) is 5.56 Å². The molecule has 1 aromatic rings. The standard InChI is InChI=1S/C12H17FN2O2/c1-8(5-6-17-2)15-9-3-4-11(13)10(7-9)12(14)16/h3-4,7-8,15H,5-6H2,1-2H3,(H2,14,16). The van der Waals surface area contributed by atoms with E-state index >= 15 is 0 Å². The van der Waals surface area contributed by atoms with Crippen molar-refractivity contribution < 1.29 is 13.9 Å². The molecule has 1 amide bonds. The highest BCUT2D eigenvalue weighted by atomic mass is 19.1. The second-order valence-corrected chi connectivity index (χ2v) is 3.89. The average Bonchev–Trinajstić information content (AvgIpc) is 2.28. The molecule has 94 valence electrons. The Morgan fingerprint density at radius 2 is 2.29 bits per heavy atom. The molecule has 0 heterocycles. The van der Waals surface area contributed by atoms with Crippen LogP contribution in [-0.2, 0) is 4.74 Å². The van der Waals surface area contributed by atoms with Crippen LogP contribution in [0.3, 0.4) is 0 Å². The Bertz CT molecular complexity index is 396. The third kappa shape index (κ3) is 4.03. The third-order valence-corrected chi connectivity index (χ3v) is 2.40. The number of rotatable bonds is 6. The fourth-order valence-electron chi connectivity index (χ4n) is 1.46. The monoisotopic (exact) mass is 240 g/mol. The van der Waals surface area contributed by atoms with Crippen LogP contribution in [0, 0.1) is 5.82 Å². The van der Waals surface area contributed by atoms with Gasteiger partial charge in [-0.2, -0.15) is 0 Å². The minimum atomic E-state index is -0.768. The van der Waals surface area contributed by atoms with Gasteiger partial charge in [0, 0.05) is 25.4 Å². The fourth-order valence-corrected chi connectivity index (χ4v) is 1.46. The van der Waals surface area contributed by atoms with Gasteiger partial charge < -0.3 is 15.8 Å². The van der Waals surface area contributed by atoms with Crippen molar-refractivity contribution in [3.05, 3.63) is 29.6 Å². The lowest BCUT2D eigenvalue weighted by atomic mass is 10.1. The summed E-state index contributed by atoms with van der Waals surface area (Å²) in [6, 6.07) is 4.39. The summed E-state index contributed by atoms with van der Waals surface area (Å²) in [4.78, 5) is 11.0. The Hall–Kier alpha value is -1.62. The van der Waals surface area contributed by atoms with Gasteiger partial charge in [0.1, 0.15) is 5.82 Å². The summed E-state index contributed by atoms with van der Waals surface area (Å²) in [6.07, 6.45) is 0.819. The molecule has 1 atom stereocenters. The van der Waals surface area contributed by atoms with Gasteiger partial charge in [-0.1, -0.05) is 0 Å². The van der Waals surface area contributed by atoms with E-state index in [1.54, 1.807) is 13.2 Å². The van der Waals surface area contributed by atoms with Crippen LogP contribution in [-0.4, -0.2) is 25.7 Å². The number of nitrogens with two attached hydrogens (primary N) is 1. The number of ether oxygens (including phenoxy) is 1. The number of carbonyl (C=O) groups excluding carboxylic acids is 1. The first kappa shape index (κ1) is 13.4. The Labute approximate surface area is 100.0 Å². The number of hydrogen-bond acceptors (Lipinski definition) is 3. The molecule has 0 bridgehead atoms. The number of carbonyl (C=O) groups is 1. The van der Waals surface area contributed by atoms with E-state index < -0.39 is 11.7 Å². The molecule has 1 aromatic carbocycles. The van der Waals surface area contributed by atoms with Crippen molar-refractivity contribution in [1.29, 1.82) is 0 Å². The first-order chi connectivity index (χ1) is 8.04. The van der Waals surface area contributed by atoms with E-state index in [9.17, 15) is 9.18 Å². The maximum atomic E-state index is 13.2. The van der Waals surface area contributed by atoms with E-state index in [2.05, 4.69) is 5.32 Å². The molecule has 0 aliphatic heterocycles. The minimum absolute atomic E-state index is 0.103. The summed E-state index contributed by atoms with van der Waals surface area (Å²) < 4.78 is 18.2. The van der Waals surface area contributed by atoms with Crippen LogP contribution in [0.5, 0.6) is 0 Å².